The Morgan fingerprint density at radius 3 is 2.70 bits per heavy atom. The number of amides is 2. The number of hydrogen-bond donors (Lipinski definition) is 2. The van der Waals surface area contributed by atoms with Crippen molar-refractivity contribution in [1.29, 1.82) is 0 Å². The highest BCUT2D eigenvalue weighted by Crippen LogP contribution is 2.34. The van der Waals surface area contributed by atoms with Gasteiger partial charge in [-0.1, -0.05) is 17.8 Å². The van der Waals surface area contributed by atoms with Crippen LogP contribution in [0.2, 0.25) is 0 Å². The molecular formula is C24H24FN5O2S. The van der Waals surface area contributed by atoms with Crippen LogP contribution in [-0.4, -0.2) is 52.3 Å². The number of benzene rings is 1. The van der Waals surface area contributed by atoms with Gasteiger partial charge in [-0.05, 0) is 74.3 Å². The van der Waals surface area contributed by atoms with E-state index in [-0.39, 0.29) is 17.6 Å². The van der Waals surface area contributed by atoms with Crippen LogP contribution in [0.3, 0.4) is 0 Å². The topological polar surface area (TPSA) is 78.7 Å². The fourth-order valence-electron chi connectivity index (χ4n) is 4.21. The number of halogens is 1. The number of pyridine rings is 1. The van der Waals surface area contributed by atoms with E-state index in [2.05, 4.69) is 20.5 Å². The van der Waals surface area contributed by atoms with Crippen LogP contribution in [-0.2, 0) is 9.59 Å². The number of piperidine rings is 1. The van der Waals surface area contributed by atoms with Gasteiger partial charge in [0.05, 0.1) is 28.4 Å². The summed E-state index contributed by atoms with van der Waals surface area (Å²) < 4.78 is 15.0. The number of thioether (sulfide) groups is 1. The molecule has 33 heavy (non-hydrogen) atoms. The van der Waals surface area contributed by atoms with Gasteiger partial charge in [0, 0.05) is 12.2 Å². The third-order valence-electron chi connectivity index (χ3n) is 5.99. The van der Waals surface area contributed by atoms with Gasteiger partial charge in [-0.25, -0.2) is 9.37 Å². The molecule has 2 N–H and O–H groups in total. The van der Waals surface area contributed by atoms with E-state index in [1.807, 2.05) is 28.7 Å². The number of anilines is 1. The summed E-state index contributed by atoms with van der Waals surface area (Å²) in [5, 5.41) is 6.87. The number of hydrogen-bond acceptors (Lipinski definition) is 5. The zero-order valence-corrected chi connectivity index (χ0v) is 18.8. The Morgan fingerprint density at radius 1 is 1.12 bits per heavy atom. The second-order valence-corrected chi connectivity index (χ2v) is 9.40. The fourth-order valence-corrected chi connectivity index (χ4v) is 5.21. The van der Waals surface area contributed by atoms with Gasteiger partial charge in [0.1, 0.15) is 11.5 Å². The zero-order chi connectivity index (χ0) is 22.8. The van der Waals surface area contributed by atoms with Gasteiger partial charge in [0.15, 0.2) is 0 Å². The van der Waals surface area contributed by atoms with Crippen molar-refractivity contribution >= 4 is 41.0 Å². The van der Waals surface area contributed by atoms with Crippen molar-refractivity contribution in [3.63, 3.8) is 0 Å². The largest absolute Gasteiger partial charge is 0.351 e. The first-order valence-corrected chi connectivity index (χ1v) is 11.8. The highest BCUT2D eigenvalue weighted by Gasteiger charge is 2.24. The van der Waals surface area contributed by atoms with Crippen molar-refractivity contribution in [2.45, 2.75) is 17.9 Å². The van der Waals surface area contributed by atoms with Crippen molar-refractivity contribution in [3.05, 3.63) is 65.1 Å². The zero-order valence-electron chi connectivity index (χ0n) is 18.0. The Morgan fingerprint density at radius 2 is 1.91 bits per heavy atom. The van der Waals surface area contributed by atoms with Gasteiger partial charge in [0.25, 0.3) is 5.91 Å². The molecule has 1 saturated heterocycles. The normalized spacial score (nSPS) is 16.5. The molecule has 0 aliphatic carbocycles. The van der Waals surface area contributed by atoms with Gasteiger partial charge in [0.2, 0.25) is 5.91 Å². The molecule has 3 aromatic rings. The lowest BCUT2D eigenvalue weighted by atomic mass is 9.97. The minimum absolute atomic E-state index is 0.0643. The third-order valence-corrected chi connectivity index (χ3v) is 7.04. The van der Waals surface area contributed by atoms with Gasteiger partial charge < -0.3 is 10.6 Å². The first-order valence-electron chi connectivity index (χ1n) is 11.0. The molecule has 1 fully saturated rings. The summed E-state index contributed by atoms with van der Waals surface area (Å²) in [6.45, 7) is 2.53. The van der Waals surface area contributed by atoms with Crippen LogP contribution in [0.5, 0.6) is 0 Å². The lowest BCUT2D eigenvalue weighted by molar-refractivity contribution is -0.117. The molecular weight excluding hydrogens is 441 g/mol. The van der Waals surface area contributed by atoms with Crippen LogP contribution >= 0.6 is 11.8 Å². The number of nitrogens with zero attached hydrogens (tertiary/aromatic N) is 3. The predicted molar refractivity (Wildman–Crippen MR) is 126 cm³/mol. The highest BCUT2D eigenvalue weighted by atomic mass is 32.2. The van der Waals surface area contributed by atoms with Gasteiger partial charge in [-0.15, -0.1) is 0 Å². The first-order chi connectivity index (χ1) is 16.0. The summed E-state index contributed by atoms with van der Waals surface area (Å²) in [5.41, 5.74) is 2.38. The SMILES string of the molecule is O=C(CN1CCC(CNC(=O)C2=Cc3cnc4cccc(n34)S2)CC1)Nc1ccc(F)cc1. The van der Waals surface area contributed by atoms with Crippen LogP contribution in [0.15, 0.2) is 58.6 Å². The minimum atomic E-state index is -0.329. The van der Waals surface area contributed by atoms with Crippen LogP contribution in [0, 0.1) is 11.7 Å². The van der Waals surface area contributed by atoms with Gasteiger partial charge in [-0.2, -0.15) is 0 Å². The van der Waals surface area contributed by atoms with Crippen LogP contribution < -0.4 is 10.6 Å². The molecule has 7 nitrogen and oxygen atoms in total. The fraction of sp³-hybridized carbons (Fsp3) is 0.292. The summed E-state index contributed by atoms with van der Waals surface area (Å²) in [7, 11) is 0. The molecule has 2 amide bonds. The molecule has 2 aliphatic rings. The number of likely N-dealkylation sites (tertiary alicyclic amines) is 1. The Bertz CT molecular complexity index is 1220. The van der Waals surface area contributed by atoms with E-state index >= 15 is 0 Å². The molecule has 4 heterocycles. The first kappa shape index (κ1) is 21.7. The molecule has 0 radical (unpaired) electrons. The summed E-state index contributed by atoms with van der Waals surface area (Å²) in [6, 6.07) is 11.6. The van der Waals surface area contributed by atoms with Crippen molar-refractivity contribution in [2.24, 2.45) is 5.92 Å². The quantitative estimate of drug-likeness (QED) is 0.584. The smallest absolute Gasteiger partial charge is 0.258 e. The molecule has 2 aliphatic heterocycles. The molecule has 2 aromatic heterocycles. The van der Waals surface area contributed by atoms with E-state index < -0.39 is 0 Å². The van der Waals surface area contributed by atoms with Crippen LogP contribution in [0.1, 0.15) is 18.5 Å². The predicted octanol–water partition coefficient (Wildman–Crippen LogP) is 3.39. The Balaban J connectivity index is 1.07. The minimum Gasteiger partial charge on any atom is -0.351 e. The number of carbonyl (C=O) groups is 2. The van der Waals surface area contributed by atoms with E-state index in [1.165, 1.54) is 23.9 Å². The molecule has 0 saturated carbocycles. The standard InChI is InChI=1S/C24H24FN5O2S/c25-17-4-6-18(7-5-17)28-22(31)15-29-10-8-16(9-11-29)13-27-24(32)20-12-19-14-26-21-2-1-3-23(33-20)30(19)21/h1-7,12,14,16H,8-11,13,15H2,(H,27,32)(H,28,31). The Labute approximate surface area is 195 Å². The highest BCUT2D eigenvalue weighted by molar-refractivity contribution is 8.04. The average molecular weight is 466 g/mol. The maximum absolute atomic E-state index is 13.0. The molecule has 0 unspecified atom stereocenters. The third kappa shape index (κ3) is 4.94. The molecule has 0 atom stereocenters. The number of imidazole rings is 1. The van der Waals surface area contributed by atoms with E-state index in [4.69, 9.17) is 0 Å². The van der Waals surface area contributed by atoms with Crippen molar-refractivity contribution in [2.75, 3.05) is 31.5 Å². The summed E-state index contributed by atoms with van der Waals surface area (Å²) in [6.07, 6.45) is 5.51. The summed E-state index contributed by atoms with van der Waals surface area (Å²) in [5.74, 6) is -0.118. The summed E-state index contributed by atoms with van der Waals surface area (Å²) >= 11 is 1.46. The summed E-state index contributed by atoms with van der Waals surface area (Å²) in [4.78, 5) is 32.2. The van der Waals surface area contributed by atoms with Crippen molar-refractivity contribution in [1.82, 2.24) is 19.6 Å². The van der Waals surface area contributed by atoms with Crippen LogP contribution in [0.4, 0.5) is 10.1 Å². The van der Waals surface area contributed by atoms with Crippen LogP contribution in [0.25, 0.3) is 11.7 Å². The number of carbonyl (C=O) groups excluding carboxylic acids is 2. The molecule has 5 rings (SSSR count). The van der Waals surface area contributed by atoms with E-state index in [0.717, 1.165) is 42.3 Å². The Kier molecular flexibility index (Phi) is 6.15. The second kappa shape index (κ2) is 9.36. The van der Waals surface area contributed by atoms with E-state index in [1.54, 1.807) is 18.3 Å². The maximum atomic E-state index is 13.0. The van der Waals surface area contributed by atoms with Crippen molar-refractivity contribution in [3.8, 4) is 0 Å². The second-order valence-electron chi connectivity index (χ2n) is 8.34. The Hall–Kier alpha value is -3.17. The van der Waals surface area contributed by atoms with Gasteiger partial charge in [-0.3, -0.25) is 18.9 Å². The molecule has 0 spiro atoms. The number of nitrogens with one attached hydrogen (secondary N) is 2. The average Bonchev–Trinajstić information content (AvgIpc) is 3.24. The molecule has 9 heteroatoms. The lowest BCUT2D eigenvalue weighted by Crippen LogP contribution is -2.42. The van der Waals surface area contributed by atoms with Crippen molar-refractivity contribution < 1.29 is 14.0 Å². The molecule has 0 bridgehead atoms. The lowest BCUT2D eigenvalue weighted by Gasteiger charge is -2.31. The van der Waals surface area contributed by atoms with Gasteiger partial charge >= 0.3 is 0 Å². The van der Waals surface area contributed by atoms with E-state index in [9.17, 15) is 14.0 Å². The molecule has 1 aromatic carbocycles. The monoisotopic (exact) mass is 465 g/mol. The molecule has 170 valence electrons. The maximum Gasteiger partial charge on any atom is 0.258 e. The number of aromatic nitrogens is 2. The number of rotatable bonds is 6. The van der Waals surface area contributed by atoms with E-state index in [0.29, 0.717) is 29.6 Å².